The van der Waals surface area contributed by atoms with Gasteiger partial charge in [-0.3, -0.25) is 0 Å². The SMILES string of the molecule is Fc1ccc(-c2cc(CCl)cc(-c3ccc(F)cc3)n2)cc1. The number of alkyl halides is 1. The highest BCUT2D eigenvalue weighted by molar-refractivity contribution is 6.17. The van der Waals surface area contributed by atoms with Crippen LogP contribution in [-0.4, -0.2) is 4.98 Å². The van der Waals surface area contributed by atoms with E-state index in [4.69, 9.17) is 11.6 Å². The Balaban J connectivity index is 2.10. The summed E-state index contributed by atoms with van der Waals surface area (Å²) in [6, 6.07) is 16.0. The molecule has 0 amide bonds. The Bertz CT molecular complexity index is 719. The topological polar surface area (TPSA) is 12.9 Å². The Morgan fingerprint density at radius 3 is 1.50 bits per heavy atom. The molecule has 0 N–H and O–H groups in total. The molecule has 0 aliphatic rings. The zero-order valence-corrected chi connectivity index (χ0v) is 12.3. The largest absolute Gasteiger partial charge is 0.248 e. The third-order valence-electron chi connectivity index (χ3n) is 3.32. The van der Waals surface area contributed by atoms with Crippen LogP contribution < -0.4 is 0 Å². The van der Waals surface area contributed by atoms with Crippen molar-refractivity contribution in [1.29, 1.82) is 0 Å². The van der Waals surface area contributed by atoms with E-state index in [1.54, 1.807) is 24.3 Å². The van der Waals surface area contributed by atoms with Crippen molar-refractivity contribution in [2.75, 3.05) is 0 Å². The molecule has 3 aromatic rings. The van der Waals surface area contributed by atoms with E-state index in [2.05, 4.69) is 4.98 Å². The van der Waals surface area contributed by atoms with Gasteiger partial charge in [-0.25, -0.2) is 13.8 Å². The second-order valence-electron chi connectivity index (χ2n) is 4.89. The summed E-state index contributed by atoms with van der Waals surface area (Å²) < 4.78 is 26.1. The lowest BCUT2D eigenvalue weighted by molar-refractivity contribution is 0.627. The Hall–Kier alpha value is -2.26. The third-order valence-corrected chi connectivity index (χ3v) is 3.63. The number of hydrogen-bond acceptors (Lipinski definition) is 1. The van der Waals surface area contributed by atoms with E-state index in [0.717, 1.165) is 16.7 Å². The van der Waals surface area contributed by atoms with E-state index in [1.807, 2.05) is 12.1 Å². The first-order valence-electron chi connectivity index (χ1n) is 6.74. The number of rotatable bonds is 3. The fourth-order valence-electron chi connectivity index (χ4n) is 2.20. The molecule has 0 bridgehead atoms. The van der Waals surface area contributed by atoms with Gasteiger partial charge < -0.3 is 0 Å². The van der Waals surface area contributed by atoms with Gasteiger partial charge in [0.2, 0.25) is 0 Å². The summed E-state index contributed by atoms with van der Waals surface area (Å²) in [6.07, 6.45) is 0. The van der Waals surface area contributed by atoms with Crippen molar-refractivity contribution in [1.82, 2.24) is 4.98 Å². The molecular weight excluding hydrogens is 304 g/mol. The van der Waals surface area contributed by atoms with Crippen molar-refractivity contribution >= 4 is 11.6 Å². The first-order chi connectivity index (χ1) is 10.7. The smallest absolute Gasteiger partial charge is 0.123 e. The quantitative estimate of drug-likeness (QED) is 0.587. The van der Waals surface area contributed by atoms with Crippen LogP contribution in [0, 0.1) is 11.6 Å². The summed E-state index contributed by atoms with van der Waals surface area (Å²) in [5, 5.41) is 0. The van der Waals surface area contributed by atoms with Gasteiger partial charge in [0, 0.05) is 17.0 Å². The van der Waals surface area contributed by atoms with Crippen LogP contribution in [0.3, 0.4) is 0 Å². The maximum Gasteiger partial charge on any atom is 0.123 e. The van der Waals surface area contributed by atoms with E-state index in [1.165, 1.54) is 24.3 Å². The molecule has 0 aliphatic heterocycles. The molecule has 3 rings (SSSR count). The summed E-state index contributed by atoms with van der Waals surface area (Å²) in [6.45, 7) is 0. The van der Waals surface area contributed by atoms with Crippen LogP contribution in [0.5, 0.6) is 0 Å². The summed E-state index contributed by atoms with van der Waals surface area (Å²) in [5.41, 5.74) is 3.92. The van der Waals surface area contributed by atoms with Gasteiger partial charge >= 0.3 is 0 Å². The van der Waals surface area contributed by atoms with Crippen LogP contribution >= 0.6 is 11.6 Å². The van der Waals surface area contributed by atoms with E-state index >= 15 is 0 Å². The van der Waals surface area contributed by atoms with Crippen LogP contribution in [-0.2, 0) is 5.88 Å². The molecule has 22 heavy (non-hydrogen) atoms. The number of aromatic nitrogens is 1. The third kappa shape index (κ3) is 3.15. The van der Waals surface area contributed by atoms with Crippen molar-refractivity contribution in [3.05, 3.63) is 77.9 Å². The lowest BCUT2D eigenvalue weighted by atomic mass is 10.1. The molecule has 0 fully saturated rings. The van der Waals surface area contributed by atoms with Crippen LogP contribution in [0.4, 0.5) is 8.78 Å². The summed E-state index contributed by atoms with van der Waals surface area (Å²) in [4.78, 5) is 4.58. The van der Waals surface area contributed by atoms with Gasteiger partial charge in [0.15, 0.2) is 0 Å². The second-order valence-corrected chi connectivity index (χ2v) is 5.16. The molecule has 1 heterocycles. The lowest BCUT2D eigenvalue weighted by Crippen LogP contribution is -1.92. The van der Waals surface area contributed by atoms with Crippen molar-refractivity contribution in [3.8, 4) is 22.5 Å². The molecule has 2 aromatic carbocycles. The molecule has 1 aromatic heterocycles. The van der Waals surface area contributed by atoms with Crippen LogP contribution in [0.15, 0.2) is 60.7 Å². The van der Waals surface area contributed by atoms with Crippen LogP contribution in [0.1, 0.15) is 5.56 Å². The number of benzene rings is 2. The van der Waals surface area contributed by atoms with Crippen LogP contribution in [0.25, 0.3) is 22.5 Å². The van der Waals surface area contributed by atoms with E-state index in [0.29, 0.717) is 17.3 Å². The Kier molecular flexibility index (Phi) is 4.16. The van der Waals surface area contributed by atoms with E-state index < -0.39 is 0 Å². The standard InChI is InChI=1S/C18H12ClF2N/c19-11-12-9-17(13-1-5-15(20)6-2-13)22-18(10-12)14-3-7-16(21)8-4-14/h1-10H,11H2. The fraction of sp³-hybridized carbons (Fsp3) is 0.0556. The number of hydrogen-bond donors (Lipinski definition) is 0. The molecule has 0 radical (unpaired) electrons. The molecule has 0 saturated carbocycles. The molecule has 0 atom stereocenters. The minimum Gasteiger partial charge on any atom is -0.248 e. The van der Waals surface area contributed by atoms with Gasteiger partial charge in [0.05, 0.1) is 11.4 Å². The minimum atomic E-state index is -0.295. The van der Waals surface area contributed by atoms with E-state index in [-0.39, 0.29) is 11.6 Å². The number of nitrogens with zero attached hydrogens (tertiary/aromatic N) is 1. The van der Waals surface area contributed by atoms with Crippen molar-refractivity contribution < 1.29 is 8.78 Å². The van der Waals surface area contributed by atoms with Gasteiger partial charge in [-0.2, -0.15) is 0 Å². The Morgan fingerprint density at radius 1 is 0.727 bits per heavy atom. The highest BCUT2D eigenvalue weighted by Crippen LogP contribution is 2.26. The monoisotopic (exact) mass is 315 g/mol. The van der Waals surface area contributed by atoms with Gasteiger partial charge in [-0.05, 0) is 66.2 Å². The second kappa shape index (κ2) is 6.24. The van der Waals surface area contributed by atoms with Gasteiger partial charge in [0.25, 0.3) is 0 Å². The predicted octanol–water partition coefficient (Wildman–Crippen LogP) is 5.43. The molecule has 0 unspecified atom stereocenters. The lowest BCUT2D eigenvalue weighted by Gasteiger charge is -2.08. The molecule has 1 nitrogen and oxygen atoms in total. The van der Waals surface area contributed by atoms with Gasteiger partial charge in [0.1, 0.15) is 11.6 Å². The Morgan fingerprint density at radius 2 is 1.14 bits per heavy atom. The zero-order chi connectivity index (χ0) is 15.5. The van der Waals surface area contributed by atoms with Gasteiger partial charge in [-0.1, -0.05) is 0 Å². The van der Waals surface area contributed by atoms with Crippen molar-refractivity contribution in [2.45, 2.75) is 5.88 Å². The van der Waals surface area contributed by atoms with Crippen LogP contribution in [0.2, 0.25) is 0 Å². The average molecular weight is 316 g/mol. The molecule has 110 valence electrons. The number of pyridine rings is 1. The maximum atomic E-state index is 13.1. The predicted molar refractivity (Wildman–Crippen MR) is 84.6 cm³/mol. The summed E-state index contributed by atoms with van der Waals surface area (Å²) >= 11 is 5.95. The first kappa shape index (κ1) is 14.7. The normalized spacial score (nSPS) is 10.7. The highest BCUT2D eigenvalue weighted by Gasteiger charge is 2.07. The summed E-state index contributed by atoms with van der Waals surface area (Å²) in [7, 11) is 0. The molecule has 4 heteroatoms. The maximum absolute atomic E-state index is 13.1. The summed E-state index contributed by atoms with van der Waals surface area (Å²) in [5.74, 6) is -0.253. The molecule has 0 aliphatic carbocycles. The van der Waals surface area contributed by atoms with E-state index in [9.17, 15) is 8.78 Å². The minimum absolute atomic E-state index is 0.295. The Labute approximate surface area is 132 Å². The molecular formula is C18H12ClF2N. The average Bonchev–Trinajstić information content (AvgIpc) is 2.55. The first-order valence-corrected chi connectivity index (χ1v) is 7.28. The molecule has 0 spiro atoms. The van der Waals surface area contributed by atoms with Crippen molar-refractivity contribution in [3.63, 3.8) is 0 Å². The number of halogens is 3. The van der Waals surface area contributed by atoms with Gasteiger partial charge in [-0.15, -0.1) is 11.6 Å². The molecule has 0 saturated heterocycles. The fourth-order valence-corrected chi connectivity index (χ4v) is 2.36. The zero-order valence-electron chi connectivity index (χ0n) is 11.6. The highest BCUT2D eigenvalue weighted by atomic mass is 35.5. The van der Waals surface area contributed by atoms with Crippen molar-refractivity contribution in [2.24, 2.45) is 0 Å².